The van der Waals surface area contributed by atoms with E-state index in [1.54, 1.807) is 49.7 Å². The van der Waals surface area contributed by atoms with E-state index in [9.17, 15) is 9.18 Å². The number of carbonyl (C=O) groups excluding carboxylic acids is 1. The quantitative estimate of drug-likeness (QED) is 0.434. The van der Waals surface area contributed by atoms with Gasteiger partial charge in [-0.25, -0.2) is 19.2 Å². The van der Waals surface area contributed by atoms with Crippen LogP contribution in [0.3, 0.4) is 0 Å². The van der Waals surface area contributed by atoms with Gasteiger partial charge in [0.25, 0.3) is 0 Å². The Morgan fingerprint density at radius 1 is 1.10 bits per heavy atom. The van der Waals surface area contributed by atoms with Crippen LogP contribution in [0.2, 0.25) is 0 Å². The van der Waals surface area contributed by atoms with E-state index in [1.165, 1.54) is 12.1 Å². The van der Waals surface area contributed by atoms with Gasteiger partial charge in [0.2, 0.25) is 0 Å². The number of pyridine rings is 1. The second-order valence-electron chi connectivity index (χ2n) is 6.90. The fourth-order valence-electron chi connectivity index (χ4n) is 3.28. The fraction of sp³-hybridized carbons (Fsp3) is 0.174. The van der Waals surface area contributed by atoms with Crippen LogP contribution >= 0.6 is 0 Å². The third kappa shape index (κ3) is 4.80. The van der Waals surface area contributed by atoms with Crippen molar-refractivity contribution in [2.45, 2.75) is 13.0 Å². The summed E-state index contributed by atoms with van der Waals surface area (Å²) in [5, 5.41) is 5.64. The standard InChI is InChI=1S/C23H22FN5O2/c1-31-19-11-9-18(10-12-19)27-23(30)26-14-3-15-29-21(16-5-7-17(24)8-6-16)28-20-4-2-13-25-22(20)29/h2,4-13H,3,14-15H2,1H3,(H2,26,27,30). The molecule has 0 aliphatic heterocycles. The van der Waals surface area contributed by atoms with Gasteiger partial charge in [0, 0.05) is 30.5 Å². The number of hydrogen-bond acceptors (Lipinski definition) is 4. The van der Waals surface area contributed by atoms with Crippen molar-refractivity contribution < 1.29 is 13.9 Å². The van der Waals surface area contributed by atoms with Crippen LogP contribution < -0.4 is 15.4 Å². The molecule has 2 aromatic heterocycles. The number of aromatic nitrogens is 3. The number of methoxy groups -OCH3 is 1. The highest BCUT2D eigenvalue weighted by molar-refractivity contribution is 5.89. The van der Waals surface area contributed by atoms with E-state index < -0.39 is 0 Å². The molecule has 2 heterocycles. The first-order valence-corrected chi connectivity index (χ1v) is 9.90. The zero-order valence-electron chi connectivity index (χ0n) is 17.0. The molecule has 0 aliphatic carbocycles. The summed E-state index contributed by atoms with van der Waals surface area (Å²) >= 11 is 0. The first kappa shape index (κ1) is 20.3. The summed E-state index contributed by atoms with van der Waals surface area (Å²) in [6, 6.07) is 16.8. The lowest BCUT2D eigenvalue weighted by Gasteiger charge is -2.11. The number of fused-ring (bicyclic) bond motifs is 1. The number of urea groups is 1. The van der Waals surface area contributed by atoms with Crippen molar-refractivity contribution in [3.63, 3.8) is 0 Å². The molecule has 0 saturated heterocycles. The van der Waals surface area contributed by atoms with Gasteiger partial charge in [0.05, 0.1) is 7.11 Å². The average Bonchev–Trinajstić information content (AvgIpc) is 3.16. The molecule has 0 fully saturated rings. The number of rotatable bonds is 7. The Hall–Kier alpha value is -3.94. The lowest BCUT2D eigenvalue weighted by atomic mass is 10.2. The van der Waals surface area contributed by atoms with Crippen LogP contribution in [0.25, 0.3) is 22.6 Å². The van der Waals surface area contributed by atoms with Gasteiger partial charge in [0.1, 0.15) is 22.9 Å². The SMILES string of the molecule is COc1ccc(NC(=O)NCCCn2c(-c3ccc(F)cc3)nc3cccnc32)cc1. The highest BCUT2D eigenvalue weighted by Gasteiger charge is 2.13. The molecule has 0 bridgehead atoms. The Balaban J connectivity index is 1.40. The minimum atomic E-state index is -0.295. The normalized spacial score (nSPS) is 10.8. The number of carbonyl (C=O) groups is 1. The van der Waals surface area contributed by atoms with Gasteiger partial charge in [-0.1, -0.05) is 0 Å². The Kier molecular flexibility index (Phi) is 6.07. The van der Waals surface area contributed by atoms with E-state index >= 15 is 0 Å². The van der Waals surface area contributed by atoms with Gasteiger partial charge >= 0.3 is 6.03 Å². The largest absolute Gasteiger partial charge is 0.497 e. The number of nitrogens with zero attached hydrogens (tertiary/aromatic N) is 3. The number of hydrogen-bond donors (Lipinski definition) is 2. The molecule has 0 unspecified atom stereocenters. The maximum Gasteiger partial charge on any atom is 0.319 e. The topological polar surface area (TPSA) is 81.1 Å². The van der Waals surface area contributed by atoms with Crippen LogP contribution in [0.5, 0.6) is 5.75 Å². The summed E-state index contributed by atoms with van der Waals surface area (Å²) in [6.45, 7) is 1.07. The Morgan fingerprint density at radius 2 is 1.87 bits per heavy atom. The van der Waals surface area contributed by atoms with Crippen LogP contribution in [0.1, 0.15) is 6.42 Å². The van der Waals surface area contributed by atoms with Crippen LogP contribution in [0.15, 0.2) is 66.9 Å². The molecule has 2 amide bonds. The summed E-state index contributed by atoms with van der Waals surface area (Å²) in [4.78, 5) is 21.3. The maximum atomic E-state index is 13.3. The number of aryl methyl sites for hydroxylation is 1. The Morgan fingerprint density at radius 3 is 2.61 bits per heavy atom. The molecular formula is C23H22FN5O2. The van der Waals surface area contributed by atoms with E-state index in [2.05, 4.69) is 20.6 Å². The molecule has 158 valence electrons. The highest BCUT2D eigenvalue weighted by Crippen LogP contribution is 2.24. The molecule has 8 heteroatoms. The lowest BCUT2D eigenvalue weighted by molar-refractivity contribution is 0.252. The predicted octanol–water partition coefficient (Wildman–Crippen LogP) is 4.46. The van der Waals surface area contributed by atoms with Crippen molar-refractivity contribution in [2.75, 3.05) is 19.0 Å². The zero-order chi connectivity index (χ0) is 21.6. The molecule has 0 atom stereocenters. The van der Waals surface area contributed by atoms with Crippen molar-refractivity contribution in [1.29, 1.82) is 0 Å². The summed E-state index contributed by atoms with van der Waals surface area (Å²) in [6.07, 6.45) is 2.39. The van der Waals surface area contributed by atoms with Crippen molar-refractivity contribution in [3.05, 3.63) is 72.7 Å². The number of halogens is 1. The molecule has 4 aromatic rings. The highest BCUT2D eigenvalue weighted by atomic mass is 19.1. The van der Waals surface area contributed by atoms with E-state index in [-0.39, 0.29) is 11.8 Å². The van der Waals surface area contributed by atoms with E-state index in [1.807, 2.05) is 16.7 Å². The summed E-state index contributed by atoms with van der Waals surface area (Å²) in [5.74, 6) is 1.15. The number of benzene rings is 2. The van der Waals surface area contributed by atoms with Gasteiger partial charge in [0.15, 0.2) is 5.65 Å². The number of ether oxygens (including phenoxy) is 1. The summed E-state index contributed by atoms with van der Waals surface area (Å²) < 4.78 is 20.4. The fourth-order valence-corrected chi connectivity index (χ4v) is 3.28. The smallest absolute Gasteiger partial charge is 0.319 e. The molecule has 2 aromatic carbocycles. The van der Waals surface area contributed by atoms with Gasteiger partial charge < -0.3 is 19.9 Å². The second kappa shape index (κ2) is 9.25. The minimum absolute atomic E-state index is 0.280. The molecule has 31 heavy (non-hydrogen) atoms. The maximum absolute atomic E-state index is 13.3. The monoisotopic (exact) mass is 419 g/mol. The number of anilines is 1. The molecule has 4 rings (SSSR count). The molecule has 0 radical (unpaired) electrons. The molecule has 0 saturated carbocycles. The number of imidazole rings is 1. The summed E-state index contributed by atoms with van der Waals surface area (Å²) in [5.41, 5.74) is 3.02. The molecule has 2 N–H and O–H groups in total. The first-order chi connectivity index (χ1) is 15.1. The number of amides is 2. The van der Waals surface area contributed by atoms with Crippen molar-refractivity contribution >= 4 is 22.9 Å². The minimum Gasteiger partial charge on any atom is -0.497 e. The van der Waals surface area contributed by atoms with Crippen molar-refractivity contribution in [3.8, 4) is 17.1 Å². The van der Waals surface area contributed by atoms with Crippen LogP contribution in [0.4, 0.5) is 14.9 Å². The van der Waals surface area contributed by atoms with Gasteiger partial charge in [-0.2, -0.15) is 0 Å². The molecular weight excluding hydrogens is 397 g/mol. The van der Waals surface area contributed by atoms with Crippen molar-refractivity contribution in [1.82, 2.24) is 19.9 Å². The van der Waals surface area contributed by atoms with Gasteiger partial charge in [-0.15, -0.1) is 0 Å². The zero-order valence-corrected chi connectivity index (χ0v) is 17.0. The molecule has 0 aliphatic rings. The Labute approximate surface area is 178 Å². The van der Waals surface area contributed by atoms with E-state index in [0.717, 1.165) is 28.3 Å². The van der Waals surface area contributed by atoms with Crippen LogP contribution in [-0.2, 0) is 6.54 Å². The molecule has 7 nitrogen and oxygen atoms in total. The third-order valence-electron chi connectivity index (χ3n) is 4.80. The van der Waals surface area contributed by atoms with Gasteiger partial charge in [-0.05, 0) is 67.1 Å². The predicted molar refractivity (Wildman–Crippen MR) is 118 cm³/mol. The van der Waals surface area contributed by atoms with Crippen LogP contribution in [-0.4, -0.2) is 34.2 Å². The summed E-state index contributed by atoms with van der Waals surface area (Å²) in [7, 11) is 1.59. The number of nitrogens with one attached hydrogen (secondary N) is 2. The lowest BCUT2D eigenvalue weighted by Crippen LogP contribution is -2.30. The second-order valence-corrected chi connectivity index (χ2v) is 6.90. The Bertz CT molecular complexity index is 1170. The average molecular weight is 419 g/mol. The molecule has 0 spiro atoms. The van der Waals surface area contributed by atoms with Crippen LogP contribution in [0, 0.1) is 5.82 Å². The van der Waals surface area contributed by atoms with Gasteiger partial charge in [-0.3, -0.25) is 0 Å². The van der Waals surface area contributed by atoms with E-state index in [0.29, 0.717) is 25.2 Å². The van der Waals surface area contributed by atoms with E-state index in [4.69, 9.17) is 4.74 Å². The third-order valence-corrected chi connectivity index (χ3v) is 4.80. The van der Waals surface area contributed by atoms with Crippen molar-refractivity contribution in [2.24, 2.45) is 0 Å². The first-order valence-electron chi connectivity index (χ1n) is 9.90.